The van der Waals surface area contributed by atoms with Gasteiger partial charge in [0.1, 0.15) is 11.9 Å². The first-order valence-corrected chi connectivity index (χ1v) is 7.96. The van der Waals surface area contributed by atoms with E-state index in [-0.39, 0.29) is 0 Å². The second-order valence-electron chi connectivity index (χ2n) is 7.05. The lowest BCUT2D eigenvalue weighted by molar-refractivity contribution is 0.134. The summed E-state index contributed by atoms with van der Waals surface area (Å²) in [5.41, 5.74) is 1.69. The fourth-order valence-corrected chi connectivity index (χ4v) is 2.90. The van der Waals surface area contributed by atoms with Gasteiger partial charge in [-0.15, -0.1) is 0 Å². The molecule has 0 radical (unpaired) electrons. The van der Waals surface area contributed by atoms with E-state index in [1.165, 1.54) is 12.0 Å². The van der Waals surface area contributed by atoms with Gasteiger partial charge in [-0.3, -0.25) is 0 Å². The molecule has 0 saturated heterocycles. The van der Waals surface area contributed by atoms with Crippen LogP contribution in [-0.2, 0) is 6.42 Å². The van der Waals surface area contributed by atoms with Crippen LogP contribution >= 0.6 is 0 Å². The second-order valence-corrected chi connectivity index (χ2v) is 7.05. The molecule has 0 fully saturated rings. The molecular weight excluding hydrogens is 246 g/mol. The minimum absolute atomic E-state index is 0.318. The largest absolute Gasteiger partial charge is 0.490 e. The monoisotopic (exact) mass is 275 g/mol. The first-order valence-electron chi connectivity index (χ1n) is 7.96. The topological polar surface area (TPSA) is 21.3 Å². The SMILES string of the molecule is CCCNCC(CC1Cc2ccccc2O1)C(C)(C)C. The van der Waals surface area contributed by atoms with E-state index >= 15 is 0 Å². The summed E-state index contributed by atoms with van der Waals surface area (Å²) in [7, 11) is 0. The van der Waals surface area contributed by atoms with Gasteiger partial charge < -0.3 is 10.1 Å². The number of ether oxygens (including phenoxy) is 1. The highest BCUT2D eigenvalue weighted by Crippen LogP contribution is 2.35. The number of benzene rings is 1. The molecule has 2 heteroatoms. The lowest BCUT2D eigenvalue weighted by Gasteiger charge is -2.32. The summed E-state index contributed by atoms with van der Waals surface area (Å²) in [6.45, 7) is 11.4. The minimum Gasteiger partial charge on any atom is -0.490 e. The van der Waals surface area contributed by atoms with Crippen molar-refractivity contribution in [3.05, 3.63) is 29.8 Å². The number of para-hydroxylation sites is 1. The van der Waals surface area contributed by atoms with Crippen LogP contribution in [0.4, 0.5) is 0 Å². The van der Waals surface area contributed by atoms with Gasteiger partial charge in [0, 0.05) is 6.42 Å². The molecule has 0 saturated carbocycles. The Bertz CT molecular complexity index is 397. The molecule has 0 spiro atoms. The molecule has 1 aliphatic rings. The van der Waals surface area contributed by atoms with Crippen molar-refractivity contribution in [3.63, 3.8) is 0 Å². The lowest BCUT2D eigenvalue weighted by atomic mass is 9.77. The van der Waals surface area contributed by atoms with Gasteiger partial charge in [-0.1, -0.05) is 45.9 Å². The molecule has 1 aliphatic heterocycles. The zero-order chi connectivity index (χ0) is 14.6. The van der Waals surface area contributed by atoms with E-state index in [0.717, 1.165) is 31.7 Å². The van der Waals surface area contributed by atoms with E-state index in [0.29, 0.717) is 17.4 Å². The van der Waals surface area contributed by atoms with Crippen LogP contribution in [0, 0.1) is 11.3 Å². The number of fused-ring (bicyclic) bond motifs is 1. The zero-order valence-electron chi connectivity index (χ0n) is 13.4. The molecule has 112 valence electrons. The molecule has 2 atom stereocenters. The summed E-state index contributed by atoms with van der Waals surface area (Å²) in [5.74, 6) is 1.74. The smallest absolute Gasteiger partial charge is 0.123 e. The van der Waals surface area contributed by atoms with Crippen molar-refractivity contribution in [1.29, 1.82) is 0 Å². The molecule has 2 unspecified atom stereocenters. The molecule has 1 N–H and O–H groups in total. The quantitative estimate of drug-likeness (QED) is 0.791. The van der Waals surface area contributed by atoms with Crippen molar-refractivity contribution in [1.82, 2.24) is 5.32 Å². The first kappa shape index (κ1) is 15.4. The Labute approximate surface area is 123 Å². The molecule has 1 heterocycles. The molecule has 0 aliphatic carbocycles. The highest BCUT2D eigenvalue weighted by Gasteiger charge is 2.31. The van der Waals surface area contributed by atoms with E-state index in [1.54, 1.807) is 0 Å². The Kier molecular flexibility index (Phi) is 5.09. The van der Waals surface area contributed by atoms with Gasteiger partial charge in [-0.2, -0.15) is 0 Å². The zero-order valence-corrected chi connectivity index (χ0v) is 13.4. The maximum absolute atomic E-state index is 6.11. The van der Waals surface area contributed by atoms with Crippen molar-refractivity contribution >= 4 is 0 Å². The van der Waals surface area contributed by atoms with Crippen molar-refractivity contribution in [2.24, 2.45) is 11.3 Å². The van der Waals surface area contributed by atoms with Crippen molar-refractivity contribution in [2.45, 2.75) is 53.1 Å². The van der Waals surface area contributed by atoms with Crippen LogP contribution in [0.3, 0.4) is 0 Å². The summed E-state index contributed by atoms with van der Waals surface area (Å²) < 4.78 is 6.11. The molecule has 0 aromatic heterocycles. The predicted octanol–water partition coefficient (Wildman–Crippen LogP) is 4.04. The van der Waals surface area contributed by atoms with Crippen molar-refractivity contribution in [2.75, 3.05) is 13.1 Å². The third kappa shape index (κ3) is 3.99. The number of rotatable bonds is 6. The molecule has 0 amide bonds. The molecule has 1 aromatic rings. The Hall–Kier alpha value is -1.02. The van der Waals surface area contributed by atoms with Crippen LogP contribution in [0.2, 0.25) is 0 Å². The molecule has 2 nitrogen and oxygen atoms in total. The highest BCUT2D eigenvalue weighted by atomic mass is 16.5. The van der Waals surface area contributed by atoms with Gasteiger partial charge in [0.15, 0.2) is 0 Å². The van der Waals surface area contributed by atoms with E-state index in [4.69, 9.17) is 4.74 Å². The summed E-state index contributed by atoms with van der Waals surface area (Å²) in [4.78, 5) is 0. The van der Waals surface area contributed by atoms with Crippen LogP contribution < -0.4 is 10.1 Å². The van der Waals surface area contributed by atoms with Gasteiger partial charge in [0.2, 0.25) is 0 Å². The van der Waals surface area contributed by atoms with Gasteiger partial charge in [0.25, 0.3) is 0 Å². The van der Waals surface area contributed by atoms with Crippen LogP contribution in [0.1, 0.15) is 46.1 Å². The Morgan fingerprint density at radius 1 is 1.30 bits per heavy atom. The maximum Gasteiger partial charge on any atom is 0.123 e. The van der Waals surface area contributed by atoms with Crippen LogP contribution in [0.25, 0.3) is 0 Å². The van der Waals surface area contributed by atoms with Crippen LogP contribution in [0.15, 0.2) is 24.3 Å². The van der Waals surface area contributed by atoms with E-state index in [9.17, 15) is 0 Å². The Balaban J connectivity index is 1.92. The lowest BCUT2D eigenvalue weighted by Crippen LogP contribution is -2.35. The maximum atomic E-state index is 6.11. The van der Waals surface area contributed by atoms with E-state index in [1.807, 2.05) is 0 Å². The normalized spacial score (nSPS) is 19.5. The Morgan fingerprint density at radius 2 is 2.05 bits per heavy atom. The first-order chi connectivity index (χ1) is 9.50. The number of hydrogen-bond acceptors (Lipinski definition) is 2. The Morgan fingerprint density at radius 3 is 2.70 bits per heavy atom. The molecule has 2 rings (SSSR count). The third-order valence-corrected chi connectivity index (χ3v) is 4.30. The van der Waals surface area contributed by atoms with Gasteiger partial charge in [0.05, 0.1) is 0 Å². The van der Waals surface area contributed by atoms with Crippen molar-refractivity contribution in [3.8, 4) is 5.75 Å². The average molecular weight is 275 g/mol. The van der Waals surface area contributed by atoms with Crippen LogP contribution in [0.5, 0.6) is 5.75 Å². The number of hydrogen-bond donors (Lipinski definition) is 1. The molecule has 20 heavy (non-hydrogen) atoms. The highest BCUT2D eigenvalue weighted by molar-refractivity contribution is 5.37. The van der Waals surface area contributed by atoms with Gasteiger partial charge in [-0.25, -0.2) is 0 Å². The molecular formula is C18H29NO. The summed E-state index contributed by atoms with van der Waals surface area (Å²) >= 11 is 0. The predicted molar refractivity (Wildman–Crippen MR) is 85.3 cm³/mol. The standard InChI is InChI=1S/C18H29NO/c1-5-10-19-13-15(18(2,3)4)12-16-11-14-8-6-7-9-17(14)20-16/h6-9,15-16,19H,5,10-13H2,1-4H3. The summed E-state index contributed by atoms with van der Waals surface area (Å²) in [6.07, 6.45) is 3.74. The average Bonchev–Trinajstić information content (AvgIpc) is 2.79. The summed E-state index contributed by atoms with van der Waals surface area (Å²) in [5, 5.41) is 3.58. The third-order valence-electron chi connectivity index (χ3n) is 4.30. The van der Waals surface area contributed by atoms with Gasteiger partial charge in [-0.05, 0) is 48.9 Å². The van der Waals surface area contributed by atoms with E-state index in [2.05, 4.69) is 57.3 Å². The van der Waals surface area contributed by atoms with Crippen molar-refractivity contribution < 1.29 is 4.74 Å². The molecule has 0 bridgehead atoms. The fraction of sp³-hybridized carbons (Fsp3) is 0.667. The van der Waals surface area contributed by atoms with Gasteiger partial charge >= 0.3 is 0 Å². The van der Waals surface area contributed by atoms with Crippen LogP contribution in [-0.4, -0.2) is 19.2 Å². The fourth-order valence-electron chi connectivity index (χ4n) is 2.90. The minimum atomic E-state index is 0.318. The molecule has 1 aromatic carbocycles. The number of nitrogens with one attached hydrogen (secondary N) is 1. The second kappa shape index (κ2) is 6.62. The summed E-state index contributed by atoms with van der Waals surface area (Å²) in [6, 6.07) is 8.45. The van der Waals surface area contributed by atoms with E-state index < -0.39 is 0 Å².